The molecule has 1 unspecified atom stereocenters. The maximum absolute atomic E-state index is 13.2. The molecule has 1 aliphatic carbocycles. The number of fused-ring (bicyclic) bond motifs is 3. The SMILES string of the molecule is C=CCN(CC(=O)O)C(=O)C(CCC(C)(C)C)NC(=O)OCC1c2ccccc2-c2ccccc21. The van der Waals surface area contributed by atoms with Gasteiger partial charge in [0.05, 0.1) is 0 Å². The number of rotatable bonds is 10. The van der Waals surface area contributed by atoms with E-state index < -0.39 is 30.6 Å². The second-order valence-electron chi connectivity index (χ2n) is 10.0. The maximum atomic E-state index is 13.2. The summed E-state index contributed by atoms with van der Waals surface area (Å²) in [4.78, 5) is 38.4. The molecule has 0 radical (unpaired) electrons. The van der Waals surface area contributed by atoms with Gasteiger partial charge in [-0.15, -0.1) is 6.58 Å². The van der Waals surface area contributed by atoms with Gasteiger partial charge in [0.2, 0.25) is 5.91 Å². The molecule has 0 heterocycles. The van der Waals surface area contributed by atoms with Crippen LogP contribution in [0.2, 0.25) is 0 Å². The number of hydrogen-bond acceptors (Lipinski definition) is 4. The Morgan fingerprint density at radius 2 is 1.66 bits per heavy atom. The first-order valence-electron chi connectivity index (χ1n) is 11.8. The Kier molecular flexibility index (Phi) is 8.33. The zero-order valence-corrected chi connectivity index (χ0v) is 20.6. The summed E-state index contributed by atoms with van der Waals surface area (Å²) in [6.45, 7) is 9.47. The third kappa shape index (κ3) is 6.72. The van der Waals surface area contributed by atoms with Crippen LogP contribution in [0.1, 0.15) is 50.7 Å². The van der Waals surface area contributed by atoms with Crippen LogP contribution in [-0.4, -0.2) is 53.7 Å². The molecule has 2 amide bonds. The molecule has 186 valence electrons. The van der Waals surface area contributed by atoms with E-state index in [1.54, 1.807) is 0 Å². The van der Waals surface area contributed by atoms with Crippen LogP contribution in [0.3, 0.4) is 0 Å². The molecule has 0 fully saturated rings. The second-order valence-corrected chi connectivity index (χ2v) is 10.0. The van der Waals surface area contributed by atoms with Crippen molar-refractivity contribution in [2.45, 2.75) is 45.6 Å². The number of ether oxygens (including phenoxy) is 1. The number of hydrogen-bond donors (Lipinski definition) is 2. The highest BCUT2D eigenvalue weighted by Gasteiger charge is 2.31. The van der Waals surface area contributed by atoms with Crippen LogP contribution in [0, 0.1) is 5.41 Å². The summed E-state index contributed by atoms with van der Waals surface area (Å²) >= 11 is 0. The Hall–Kier alpha value is -3.61. The van der Waals surface area contributed by atoms with Crippen LogP contribution < -0.4 is 5.32 Å². The number of aliphatic carboxylic acids is 1. The van der Waals surface area contributed by atoms with E-state index in [0.29, 0.717) is 12.8 Å². The Morgan fingerprint density at radius 1 is 1.09 bits per heavy atom. The molecule has 0 saturated heterocycles. The molecular formula is C28H34N2O5. The fourth-order valence-corrected chi connectivity index (χ4v) is 4.39. The van der Waals surface area contributed by atoms with Gasteiger partial charge in [-0.1, -0.05) is 75.4 Å². The monoisotopic (exact) mass is 478 g/mol. The van der Waals surface area contributed by atoms with Gasteiger partial charge < -0.3 is 20.1 Å². The Labute approximate surface area is 206 Å². The summed E-state index contributed by atoms with van der Waals surface area (Å²) in [6.07, 6.45) is 1.78. The topological polar surface area (TPSA) is 95.9 Å². The fraction of sp³-hybridized carbons (Fsp3) is 0.393. The lowest BCUT2D eigenvalue weighted by molar-refractivity contribution is -0.145. The van der Waals surface area contributed by atoms with Crippen molar-refractivity contribution in [3.8, 4) is 11.1 Å². The van der Waals surface area contributed by atoms with Crippen LogP contribution in [-0.2, 0) is 14.3 Å². The highest BCUT2D eigenvalue weighted by atomic mass is 16.5. The summed E-state index contributed by atoms with van der Waals surface area (Å²) in [5.74, 6) is -1.69. The van der Waals surface area contributed by atoms with Crippen LogP contribution >= 0.6 is 0 Å². The van der Waals surface area contributed by atoms with Crippen molar-refractivity contribution in [3.05, 3.63) is 72.3 Å². The first-order chi connectivity index (χ1) is 16.6. The predicted molar refractivity (Wildman–Crippen MR) is 135 cm³/mol. The van der Waals surface area contributed by atoms with Crippen molar-refractivity contribution in [1.82, 2.24) is 10.2 Å². The zero-order chi connectivity index (χ0) is 25.6. The molecule has 2 N–H and O–H groups in total. The summed E-state index contributed by atoms with van der Waals surface area (Å²) in [5.41, 5.74) is 4.38. The van der Waals surface area contributed by atoms with Crippen LogP contribution in [0.25, 0.3) is 11.1 Å². The van der Waals surface area contributed by atoms with Gasteiger partial charge in [0.15, 0.2) is 0 Å². The number of carbonyl (C=O) groups is 3. The van der Waals surface area contributed by atoms with E-state index in [1.807, 2.05) is 57.2 Å². The van der Waals surface area contributed by atoms with E-state index in [1.165, 1.54) is 11.0 Å². The Balaban J connectivity index is 1.72. The van der Waals surface area contributed by atoms with E-state index in [2.05, 4.69) is 24.0 Å². The molecule has 2 aromatic carbocycles. The number of alkyl carbamates (subject to hydrolysis) is 1. The molecular weight excluding hydrogens is 444 g/mol. The fourth-order valence-electron chi connectivity index (χ4n) is 4.39. The van der Waals surface area contributed by atoms with E-state index in [9.17, 15) is 19.5 Å². The van der Waals surface area contributed by atoms with Crippen molar-refractivity contribution in [1.29, 1.82) is 0 Å². The van der Waals surface area contributed by atoms with Gasteiger partial charge >= 0.3 is 12.1 Å². The number of carbonyl (C=O) groups excluding carboxylic acids is 2. The van der Waals surface area contributed by atoms with Gasteiger partial charge in [-0.2, -0.15) is 0 Å². The number of carboxylic acids is 1. The number of carboxylic acid groups (broad SMARTS) is 1. The normalized spacial score (nSPS) is 13.3. The lowest BCUT2D eigenvalue weighted by Gasteiger charge is -2.28. The molecule has 7 heteroatoms. The van der Waals surface area contributed by atoms with Crippen molar-refractivity contribution in [3.63, 3.8) is 0 Å². The largest absolute Gasteiger partial charge is 0.480 e. The summed E-state index contributed by atoms with van der Waals surface area (Å²) in [6, 6.07) is 15.2. The number of nitrogens with zero attached hydrogens (tertiary/aromatic N) is 1. The van der Waals surface area contributed by atoms with Gasteiger partial charge in [0.25, 0.3) is 0 Å². The van der Waals surface area contributed by atoms with E-state index in [-0.39, 0.29) is 24.5 Å². The molecule has 0 aliphatic heterocycles. The molecule has 0 saturated carbocycles. The summed E-state index contributed by atoms with van der Waals surface area (Å²) < 4.78 is 5.62. The van der Waals surface area contributed by atoms with Crippen molar-refractivity contribution in [2.75, 3.05) is 19.7 Å². The van der Waals surface area contributed by atoms with Crippen LogP contribution in [0.5, 0.6) is 0 Å². The van der Waals surface area contributed by atoms with Gasteiger partial charge in [-0.25, -0.2) is 4.79 Å². The minimum absolute atomic E-state index is 0.0720. The van der Waals surface area contributed by atoms with Crippen molar-refractivity contribution >= 4 is 18.0 Å². The third-order valence-electron chi connectivity index (χ3n) is 6.10. The predicted octanol–water partition coefficient (Wildman–Crippen LogP) is 4.82. The molecule has 3 rings (SSSR count). The average molecular weight is 479 g/mol. The molecule has 1 aliphatic rings. The minimum atomic E-state index is -1.13. The summed E-state index contributed by atoms with van der Waals surface area (Å²) in [7, 11) is 0. The van der Waals surface area contributed by atoms with Crippen LogP contribution in [0.15, 0.2) is 61.2 Å². The van der Waals surface area contributed by atoms with E-state index >= 15 is 0 Å². The molecule has 7 nitrogen and oxygen atoms in total. The molecule has 0 spiro atoms. The quantitative estimate of drug-likeness (QED) is 0.478. The minimum Gasteiger partial charge on any atom is -0.480 e. The first-order valence-corrected chi connectivity index (χ1v) is 11.8. The average Bonchev–Trinajstić information content (AvgIpc) is 3.12. The lowest BCUT2D eigenvalue weighted by atomic mass is 9.88. The molecule has 1 atom stereocenters. The standard InChI is InChI=1S/C28H34N2O5/c1-5-16-30(17-25(31)32)26(33)24(14-15-28(2,3)4)29-27(34)35-18-23-21-12-8-6-10-19(21)20-11-7-9-13-22(20)23/h5-13,23-24H,1,14-18H2,2-4H3,(H,29,34)(H,31,32). The number of amides is 2. The molecule has 0 aromatic heterocycles. The van der Waals surface area contributed by atoms with Gasteiger partial charge in [-0.05, 0) is 40.5 Å². The first kappa shape index (κ1) is 26.0. The van der Waals surface area contributed by atoms with E-state index in [4.69, 9.17) is 4.74 Å². The van der Waals surface area contributed by atoms with Gasteiger partial charge in [0.1, 0.15) is 19.2 Å². The number of nitrogens with one attached hydrogen (secondary N) is 1. The number of benzene rings is 2. The molecule has 2 aromatic rings. The highest BCUT2D eigenvalue weighted by Crippen LogP contribution is 2.44. The van der Waals surface area contributed by atoms with Crippen molar-refractivity contribution in [2.24, 2.45) is 5.41 Å². The zero-order valence-electron chi connectivity index (χ0n) is 20.6. The van der Waals surface area contributed by atoms with Gasteiger partial charge in [-0.3, -0.25) is 9.59 Å². The summed E-state index contributed by atoms with van der Waals surface area (Å²) in [5, 5.41) is 11.9. The lowest BCUT2D eigenvalue weighted by Crippen LogP contribution is -2.50. The Bertz CT molecular complexity index is 1040. The van der Waals surface area contributed by atoms with Crippen LogP contribution in [0.4, 0.5) is 4.79 Å². The molecule has 35 heavy (non-hydrogen) atoms. The van der Waals surface area contributed by atoms with Crippen molar-refractivity contribution < 1.29 is 24.2 Å². The smallest absolute Gasteiger partial charge is 0.407 e. The maximum Gasteiger partial charge on any atom is 0.407 e. The van der Waals surface area contributed by atoms with Gasteiger partial charge in [0, 0.05) is 12.5 Å². The van der Waals surface area contributed by atoms with E-state index in [0.717, 1.165) is 22.3 Å². The Morgan fingerprint density at radius 3 is 2.17 bits per heavy atom. The molecule has 0 bridgehead atoms. The second kappa shape index (κ2) is 11.2. The third-order valence-corrected chi connectivity index (χ3v) is 6.10. The highest BCUT2D eigenvalue weighted by molar-refractivity contribution is 5.88.